The number of hydrogen-bond donors (Lipinski definition) is 2. The lowest BCUT2D eigenvalue weighted by Gasteiger charge is -2.17. The average Bonchev–Trinajstić information content (AvgIpc) is 2.93. The predicted octanol–water partition coefficient (Wildman–Crippen LogP) is 1.49. The number of aliphatic carboxylic acids is 1. The number of nitrogens with zero attached hydrogens (tertiary/aromatic N) is 1. The number of carbonyl (C=O) groups is 2. The number of amides is 1. The number of fused-ring (bicyclic) bond motifs is 1. The van der Waals surface area contributed by atoms with Crippen molar-refractivity contribution in [3.05, 3.63) is 29.3 Å². The lowest BCUT2D eigenvalue weighted by atomic mass is 9.97. The zero-order valence-electron chi connectivity index (χ0n) is 14.7. The number of nitrogens with one attached hydrogen (secondary N) is 1. The Hall–Kier alpha value is -2.09. The van der Waals surface area contributed by atoms with Crippen LogP contribution in [0.3, 0.4) is 0 Å². The molecule has 2 rings (SSSR count). The van der Waals surface area contributed by atoms with Crippen LogP contribution in [0, 0.1) is 11.8 Å². The van der Waals surface area contributed by atoms with E-state index in [2.05, 4.69) is 5.32 Å². The fourth-order valence-corrected chi connectivity index (χ4v) is 3.97. The highest BCUT2D eigenvalue weighted by Crippen LogP contribution is 2.30. The number of sulfonamides is 1. The summed E-state index contributed by atoms with van der Waals surface area (Å²) in [5, 5.41) is 11.9. The predicted molar refractivity (Wildman–Crippen MR) is 95.2 cm³/mol. The van der Waals surface area contributed by atoms with Crippen LogP contribution in [0.1, 0.15) is 36.2 Å². The van der Waals surface area contributed by atoms with Gasteiger partial charge >= 0.3 is 5.97 Å². The molecule has 7 nitrogen and oxygen atoms in total. The first-order chi connectivity index (χ1) is 11.6. The Morgan fingerprint density at radius 1 is 1.32 bits per heavy atom. The molecule has 1 unspecified atom stereocenters. The molecule has 25 heavy (non-hydrogen) atoms. The van der Waals surface area contributed by atoms with E-state index in [1.807, 2.05) is 13.8 Å². The van der Waals surface area contributed by atoms with Crippen LogP contribution >= 0.6 is 0 Å². The highest BCUT2D eigenvalue weighted by Gasteiger charge is 2.27. The Kier molecular flexibility index (Phi) is 5.72. The number of benzene rings is 1. The molecule has 0 aromatic heterocycles. The molecule has 0 saturated carbocycles. The van der Waals surface area contributed by atoms with Crippen LogP contribution in [0.2, 0.25) is 0 Å². The van der Waals surface area contributed by atoms with Gasteiger partial charge in [-0.1, -0.05) is 13.8 Å². The molecule has 0 bridgehead atoms. The van der Waals surface area contributed by atoms with Gasteiger partial charge in [-0.3, -0.25) is 13.9 Å². The first kappa shape index (κ1) is 19.2. The van der Waals surface area contributed by atoms with Crippen LogP contribution in [-0.4, -0.2) is 44.7 Å². The maximum absolute atomic E-state index is 12.3. The van der Waals surface area contributed by atoms with Gasteiger partial charge in [-0.2, -0.15) is 0 Å². The molecule has 0 spiro atoms. The third kappa shape index (κ3) is 4.72. The number of anilines is 1. The lowest BCUT2D eigenvalue weighted by molar-refractivity contribution is -0.142. The summed E-state index contributed by atoms with van der Waals surface area (Å²) in [6.07, 6.45) is 2.20. The summed E-state index contributed by atoms with van der Waals surface area (Å²) >= 11 is 0. The molecule has 0 radical (unpaired) electrons. The molecule has 0 saturated heterocycles. The van der Waals surface area contributed by atoms with Gasteiger partial charge in [0.1, 0.15) is 0 Å². The van der Waals surface area contributed by atoms with Crippen LogP contribution in [0.25, 0.3) is 0 Å². The van der Waals surface area contributed by atoms with Crippen molar-refractivity contribution in [3.63, 3.8) is 0 Å². The minimum atomic E-state index is -3.32. The van der Waals surface area contributed by atoms with Crippen molar-refractivity contribution in [1.29, 1.82) is 0 Å². The minimum absolute atomic E-state index is 0.0683. The standard InChI is InChI=1S/C17H24N2O5S/c1-11(2)8-14(17(21)22)10-18-16(20)13-4-5-15-12(9-13)6-7-19(15)25(3,23)24/h4-5,9,11,14H,6-8,10H2,1-3H3,(H,18,20)(H,21,22). The van der Waals surface area contributed by atoms with E-state index in [9.17, 15) is 23.1 Å². The van der Waals surface area contributed by atoms with E-state index in [-0.39, 0.29) is 18.4 Å². The molecule has 1 aromatic carbocycles. The van der Waals surface area contributed by atoms with E-state index >= 15 is 0 Å². The van der Waals surface area contributed by atoms with Crippen LogP contribution in [-0.2, 0) is 21.2 Å². The van der Waals surface area contributed by atoms with Crippen molar-refractivity contribution in [2.24, 2.45) is 11.8 Å². The zero-order valence-corrected chi connectivity index (χ0v) is 15.5. The minimum Gasteiger partial charge on any atom is -0.481 e. The topological polar surface area (TPSA) is 104 Å². The van der Waals surface area contributed by atoms with Gasteiger partial charge in [0.05, 0.1) is 17.9 Å². The largest absolute Gasteiger partial charge is 0.481 e. The summed E-state index contributed by atoms with van der Waals surface area (Å²) < 4.78 is 24.8. The van der Waals surface area contributed by atoms with Crippen molar-refractivity contribution in [2.45, 2.75) is 26.7 Å². The first-order valence-electron chi connectivity index (χ1n) is 8.21. The van der Waals surface area contributed by atoms with Crippen molar-refractivity contribution in [2.75, 3.05) is 23.7 Å². The van der Waals surface area contributed by atoms with E-state index in [0.29, 0.717) is 30.6 Å². The Bertz CT molecular complexity index is 773. The van der Waals surface area contributed by atoms with Gasteiger partial charge in [0.15, 0.2) is 0 Å². The third-order valence-corrected chi connectivity index (χ3v) is 5.39. The molecule has 0 aliphatic carbocycles. The lowest BCUT2D eigenvalue weighted by Crippen LogP contribution is -2.33. The summed E-state index contributed by atoms with van der Waals surface area (Å²) in [7, 11) is -3.32. The molecule has 1 aliphatic heterocycles. The van der Waals surface area contributed by atoms with Gasteiger partial charge in [-0.05, 0) is 42.5 Å². The van der Waals surface area contributed by atoms with Crippen molar-refractivity contribution in [3.8, 4) is 0 Å². The zero-order chi connectivity index (χ0) is 18.8. The van der Waals surface area contributed by atoms with E-state index in [1.54, 1.807) is 18.2 Å². The molecule has 138 valence electrons. The summed E-state index contributed by atoms with van der Waals surface area (Å²) in [4.78, 5) is 23.6. The molecular formula is C17H24N2O5S. The van der Waals surface area contributed by atoms with Gasteiger partial charge in [0.2, 0.25) is 10.0 Å². The van der Waals surface area contributed by atoms with Crippen LogP contribution in [0.15, 0.2) is 18.2 Å². The fraction of sp³-hybridized carbons (Fsp3) is 0.529. The Morgan fingerprint density at radius 3 is 2.56 bits per heavy atom. The number of carbonyl (C=O) groups excluding carboxylic acids is 1. The monoisotopic (exact) mass is 368 g/mol. The van der Waals surface area contributed by atoms with Gasteiger partial charge < -0.3 is 10.4 Å². The number of rotatable bonds is 7. The second kappa shape index (κ2) is 7.43. The van der Waals surface area contributed by atoms with Crippen molar-refractivity contribution in [1.82, 2.24) is 5.32 Å². The van der Waals surface area contributed by atoms with E-state index in [4.69, 9.17) is 0 Å². The molecule has 8 heteroatoms. The molecule has 1 amide bonds. The molecule has 1 aliphatic rings. The highest BCUT2D eigenvalue weighted by molar-refractivity contribution is 7.92. The second-order valence-electron chi connectivity index (χ2n) is 6.80. The van der Waals surface area contributed by atoms with E-state index in [0.717, 1.165) is 11.8 Å². The maximum atomic E-state index is 12.3. The van der Waals surface area contributed by atoms with Gasteiger partial charge in [-0.25, -0.2) is 8.42 Å². The molecule has 1 atom stereocenters. The maximum Gasteiger partial charge on any atom is 0.308 e. The van der Waals surface area contributed by atoms with Gasteiger partial charge in [-0.15, -0.1) is 0 Å². The summed E-state index contributed by atoms with van der Waals surface area (Å²) in [5.41, 5.74) is 1.81. The van der Waals surface area contributed by atoms with Crippen LogP contribution < -0.4 is 9.62 Å². The number of carboxylic acids is 1. The third-order valence-electron chi connectivity index (χ3n) is 4.21. The summed E-state index contributed by atoms with van der Waals surface area (Å²) in [6, 6.07) is 4.87. The smallest absolute Gasteiger partial charge is 0.308 e. The van der Waals surface area contributed by atoms with E-state index < -0.39 is 21.9 Å². The van der Waals surface area contributed by atoms with Gasteiger partial charge in [0.25, 0.3) is 5.91 Å². The average molecular weight is 368 g/mol. The number of carboxylic acid groups (broad SMARTS) is 1. The normalized spacial score (nSPS) is 15.1. The fourth-order valence-electron chi connectivity index (χ4n) is 3.02. The molecule has 1 aromatic rings. The SMILES string of the molecule is CC(C)CC(CNC(=O)c1ccc2c(c1)CCN2S(C)(=O)=O)C(=O)O. The Morgan fingerprint density at radius 2 is 2.00 bits per heavy atom. The number of hydrogen-bond acceptors (Lipinski definition) is 4. The quantitative estimate of drug-likeness (QED) is 0.759. The highest BCUT2D eigenvalue weighted by atomic mass is 32.2. The summed E-state index contributed by atoms with van der Waals surface area (Å²) in [5.74, 6) is -1.68. The van der Waals surface area contributed by atoms with Crippen LogP contribution in [0.4, 0.5) is 5.69 Å². The van der Waals surface area contributed by atoms with E-state index in [1.165, 1.54) is 4.31 Å². The van der Waals surface area contributed by atoms with Gasteiger partial charge in [0, 0.05) is 18.7 Å². The molecule has 1 heterocycles. The Labute approximate surface area is 148 Å². The van der Waals surface area contributed by atoms with Crippen LogP contribution in [0.5, 0.6) is 0 Å². The second-order valence-corrected chi connectivity index (χ2v) is 8.71. The first-order valence-corrected chi connectivity index (χ1v) is 10.1. The molecule has 2 N–H and O–H groups in total. The molecular weight excluding hydrogens is 344 g/mol. The molecule has 0 fully saturated rings. The summed E-state index contributed by atoms with van der Waals surface area (Å²) in [6.45, 7) is 4.31. The Balaban J connectivity index is 2.08. The van der Waals surface area contributed by atoms with Crippen molar-refractivity contribution >= 4 is 27.6 Å². The van der Waals surface area contributed by atoms with Crippen molar-refractivity contribution < 1.29 is 23.1 Å².